The fourth-order valence-electron chi connectivity index (χ4n) is 1.97. The third-order valence-electron chi connectivity index (χ3n) is 3.18. The van der Waals surface area contributed by atoms with Crippen LogP contribution in [0.1, 0.15) is 11.4 Å². The molecule has 6 nitrogen and oxygen atoms in total. The number of benzene rings is 1. The fourth-order valence-corrected chi connectivity index (χ4v) is 1.97. The SMILES string of the molecule is Cc1nc(N(C)C)nc(C)c1NC(=O)Nc1ccc(F)c(F)c1F. The molecular formula is C15H16F3N5O. The van der Waals surface area contributed by atoms with Gasteiger partial charge in [-0.25, -0.2) is 27.9 Å². The largest absolute Gasteiger partial charge is 0.347 e. The maximum absolute atomic E-state index is 13.6. The van der Waals surface area contributed by atoms with Gasteiger partial charge >= 0.3 is 6.03 Å². The lowest BCUT2D eigenvalue weighted by atomic mass is 10.2. The third kappa shape index (κ3) is 3.55. The molecule has 0 saturated carbocycles. The lowest BCUT2D eigenvalue weighted by Crippen LogP contribution is -2.23. The molecule has 0 unspecified atom stereocenters. The maximum Gasteiger partial charge on any atom is 0.323 e. The first-order valence-electron chi connectivity index (χ1n) is 6.94. The first kappa shape index (κ1) is 17.5. The molecular weight excluding hydrogens is 323 g/mol. The Bertz CT molecular complexity index is 772. The topological polar surface area (TPSA) is 70.2 Å². The maximum atomic E-state index is 13.6. The van der Waals surface area contributed by atoms with Gasteiger partial charge in [0.15, 0.2) is 17.5 Å². The molecule has 0 atom stereocenters. The van der Waals surface area contributed by atoms with Crippen molar-refractivity contribution in [3.63, 3.8) is 0 Å². The second-order valence-electron chi connectivity index (χ2n) is 5.27. The Morgan fingerprint density at radius 2 is 1.58 bits per heavy atom. The van der Waals surface area contributed by atoms with E-state index in [1.807, 2.05) is 0 Å². The molecule has 0 saturated heterocycles. The molecule has 2 aromatic rings. The molecule has 0 aliphatic rings. The Morgan fingerprint density at radius 3 is 2.12 bits per heavy atom. The van der Waals surface area contributed by atoms with Crippen molar-refractivity contribution in [1.82, 2.24) is 9.97 Å². The number of aromatic nitrogens is 2. The van der Waals surface area contributed by atoms with Crippen LogP contribution in [0.4, 0.5) is 35.3 Å². The normalized spacial score (nSPS) is 10.5. The number of halogens is 3. The average molecular weight is 339 g/mol. The number of carbonyl (C=O) groups is 1. The molecule has 2 rings (SSSR count). The molecule has 1 heterocycles. The van der Waals surface area contributed by atoms with Crippen LogP contribution in [0.3, 0.4) is 0 Å². The summed E-state index contributed by atoms with van der Waals surface area (Å²) in [5, 5.41) is 4.60. The first-order chi connectivity index (χ1) is 11.2. The minimum absolute atomic E-state index is 0.348. The van der Waals surface area contributed by atoms with Crippen LogP contribution in [0, 0.1) is 31.3 Å². The van der Waals surface area contributed by atoms with Crippen LogP contribution in [-0.2, 0) is 0 Å². The lowest BCUT2D eigenvalue weighted by Gasteiger charge is -2.16. The third-order valence-corrected chi connectivity index (χ3v) is 3.18. The van der Waals surface area contributed by atoms with Crippen molar-refractivity contribution in [2.24, 2.45) is 0 Å². The van der Waals surface area contributed by atoms with Gasteiger partial charge in [-0.05, 0) is 26.0 Å². The van der Waals surface area contributed by atoms with E-state index in [0.717, 1.165) is 12.1 Å². The number of urea groups is 1. The molecule has 9 heteroatoms. The van der Waals surface area contributed by atoms with Gasteiger partial charge in [0.2, 0.25) is 5.95 Å². The second-order valence-corrected chi connectivity index (χ2v) is 5.27. The van der Waals surface area contributed by atoms with E-state index in [4.69, 9.17) is 0 Å². The van der Waals surface area contributed by atoms with Gasteiger partial charge in [-0.15, -0.1) is 0 Å². The molecule has 0 aliphatic carbocycles. The quantitative estimate of drug-likeness (QED) is 0.843. The lowest BCUT2D eigenvalue weighted by molar-refractivity contribution is 0.262. The molecule has 0 bridgehead atoms. The van der Waals surface area contributed by atoms with Gasteiger partial charge in [0.25, 0.3) is 0 Å². The van der Waals surface area contributed by atoms with E-state index >= 15 is 0 Å². The molecule has 1 aromatic heterocycles. The monoisotopic (exact) mass is 339 g/mol. The summed E-state index contributed by atoms with van der Waals surface area (Å²) in [6.07, 6.45) is 0. The van der Waals surface area contributed by atoms with Crippen LogP contribution in [0.25, 0.3) is 0 Å². The summed E-state index contributed by atoms with van der Waals surface area (Å²) in [7, 11) is 3.56. The van der Waals surface area contributed by atoms with Crippen molar-refractivity contribution in [3.05, 3.63) is 41.0 Å². The van der Waals surface area contributed by atoms with Crippen molar-refractivity contribution >= 4 is 23.4 Å². The number of rotatable bonds is 3. The zero-order chi connectivity index (χ0) is 18.0. The van der Waals surface area contributed by atoms with Crippen LogP contribution in [0.15, 0.2) is 12.1 Å². The van der Waals surface area contributed by atoms with Gasteiger partial charge in [0.05, 0.1) is 22.8 Å². The average Bonchev–Trinajstić information content (AvgIpc) is 2.51. The van der Waals surface area contributed by atoms with Gasteiger partial charge in [0, 0.05) is 14.1 Å². The standard InChI is InChI=1S/C15H16F3N5O/c1-7-13(8(2)20-14(19-7)23(3)4)22-15(24)21-10-6-5-9(16)11(17)12(10)18/h5-6H,1-4H3,(H2,21,22,24). The summed E-state index contributed by atoms with van der Waals surface area (Å²) in [6, 6.07) is 0.824. The number of nitrogens with one attached hydrogen (secondary N) is 2. The molecule has 0 spiro atoms. The Labute approximate surface area is 136 Å². The van der Waals surface area contributed by atoms with Gasteiger partial charge in [-0.3, -0.25) is 0 Å². The van der Waals surface area contributed by atoms with Crippen molar-refractivity contribution < 1.29 is 18.0 Å². The van der Waals surface area contributed by atoms with Crippen LogP contribution < -0.4 is 15.5 Å². The number of hydrogen-bond acceptors (Lipinski definition) is 4. The van der Waals surface area contributed by atoms with Crippen molar-refractivity contribution in [2.45, 2.75) is 13.8 Å². The number of aryl methyl sites for hydroxylation is 2. The van der Waals surface area contributed by atoms with E-state index in [1.165, 1.54) is 0 Å². The Morgan fingerprint density at radius 1 is 1.00 bits per heavy atom. The highest BCUT2D eigenvalue weighted by atomic mass is 19.2. The van der Waals surface area contributed by atoms with Crippen molar-refractivity contribution in [1.29, 1.82) is 0 Å². The summed E-state index contributed by atoms with van der Waals surface area (Å²) in [5.41, 5.74) is 0.882. The molecule has 2 amide bonds. The van der Waals surface area contributed by atoms with Gasteiger partial charge in [-0.1, -0.05) is 0 Å². The summed E-state index contributed by atoms with van der Waals surface area (Å²) < 4.78 is 39.6. The number of amides is 2. The predicted octanol–water partition coefficient (Wildman–Crippen LogP) is 3.22. The highest BCUT2D eigenvalue weighted by Gasteiger charge is 2.17. The van der Waals surface area contributed by atoms with Crippen LogP contribution >= 0.6 is 0 Å². The van der Waals surface area contributed by atoms with Crippen molar-refractivity contribution in [3.8, 4) is 0 Å². The molecule has 0 radical (unpaired) electrons. The van der Waals surface area contributed by atoms with E-state index in [0.29, 0.717) is 23.0 Å². The van der Waals surface area contributed by atoms with E-state index in [9.17, 15) is 18.0 Å². The number of nitrogens with zero attached hydrogens (tertiary/aromatic N) is 3. The predicted molar refractivity (Wildman–Crippen MR) is 84.8 cm³/mol. The minimum Gasteiger partial charge on any atom is -0.347 e. The molecule has 128 valence electrons. The van der Waals surface area contributed by atoms with E-state index in [-0.39, 0.29) is 0 Å². The first-order valence-corrected chi connectivity index (χ1v) is 6.94. The van der Waals surface area contributed by atoms with Gasteiger partial charge < -0.3 is 15.5 Å². The van der Waals surface area contributed by atoms with E-state index in [2.05, 4.69) is 20.6 Å². The number of hydrogen-bond donors (Lipinski definition) is 2. The minimum atomic E-state index is -1.65. The molecule has 2 N–H and O–H groups in total. The van der Waals surface area contributed by atoms with Crippen molar-refractivity contribution in [2.75, 3.05) is 29.6 Å². The van der Waals surface area contributed by atoms with Gasteiger partial charge in [-0.2, -0.15) is 0 Å². The number of carbonyl (C=O) groups excluding carboxylic acids is 1. The smallest absolute Gasteiger partial charge is 0.323 e. The molecule has 24 heavy (non-hydrogen) atoms. The number of anilines is 3. The molecule has 0 fully saturated rings. The van der Waals surface area contributed by atoms with Crippen LogP contribution in [0.5, 0.6) is 0 Å². The summed E-state index contributed by atoms with van der Waals surface area (Å²) in [5.74, 6) is -3.99. The highest BCUT2D eigenvalue weighted by molar-refractivity contribution is 6.00. The fraction of sp³-hybridized carbons (Fsp3) is 0.267. The Kier molecular flexibility index (Phi) is 4.91. The molecule has 0 aliphatic heterocycles. The second kappa shape index (κ2) is 6.73. The summed E-state index contributed by atoms with van der Waals surface area (Å²) >= 11 is 0. The molecule has 1 aromatic carbocycles. The van der Waals surface area contributed by atoms with Crippen LogP contribution in [0.2, 0.25) is 0 Å². The Balaban J connectivity index is 2.21. The summed E-state index contributed by atoms with van der Waals surface area (Å²) in [4.78, 5) is 22.1. The highest BCUT2D eigenvalue weighted by Crippen LogP contribution is 2.22. The Hall–Kier alpha value is -2.84. The van der Waals surface area contributed by atoms with E-state index in [1.54, 1.807) is 32.8 Å². The summed E-state index contributed by atoms with van der Waals surface area (Å²) in [6.45, 7) is 3.35. The van der Waals surface area contributed by atoms with Gasteiger partial charge in [0.1, 0.15) is 0 Å². The zero-order valence-corrected chi connectivity index (χ0v) is 13.5. The zero-order valence-electron chi connectivity index (χ0n) is 13.5. The van der Waals surface area contributed by atoms with E-state index < -0.39 is 29.2 Å². The van der Waals surface area contributed by atoms with Crippen LogP contribution in [-0.4, -0.2) is 30.1 Å².